The lowest BCUT2D eigenvalue weighted by Gasteiger charge is -2.25. The minimum Gasteiger partial charge on any atom is -0.491 e. The van der Waals surface area contributed by atoms with E-state index in [-0.39, 0.29) is 0 Å². The molecular weight excluding hydrogens is 334 g/mol. The first-order valence-corrected chi connectivity index (χ1v) is 9.87. The van der Waals surface area contributed by atoms with Crippen LogP contribution in [0.4, 0.5) is 5.82 Å². The largest absolute Gasteiger partial charge is 0.491 e. The van der Waals surface area contributed by atoms with Gasteiger partial charge in [-0.2, -0.15) is 0 Å². The summed E-state index contributed by atoms with van der Waals surface area (Å²) in [5.41, 5.74) is 2.24. The second kappa shape index (κ2) is 9.36. The smallest absolute Gasteiger partial charge is 0.139 e. The van der Waals surface area contributed by atoms with Crippen LogP contribution < -0.4 is 9.64 Å². The van der Waals surface area contributed by atoms with Gasteiger partial charge >= 0.3 is 0 Å². The molecule has 0 N–H and O–H groups in total. The standard InChI is InChI=1S/C23H29N3O/c1-4-5-14-26(23-20-11-6-8-12-21(20)24-17-25-23)15-16-27-22-13-9-7-10-19(22)18(2)3/h6-13,17-18H,4-5,14-16H2,1-3H3. The molecule has 0 radical (unpaired) electrons. The van der Waals surface area contributed by atoms with Crippen LogP contribution in [0.3, 0.4) is 0 Å². The maximum absolute atomic E-state index is 6.16. The molecule has 142 valence electrons. The third-order valence-electron chi connectivity index (χ3n) is 4.76. The molecule has 27 heavy (non-hydrogen) atoms. The summed E-state index contributed by atoms with van der Waals surface area (Å²) in [5, 5.41) is 1.10. The first kappa shape index (κ1) is 19.2. The Labute approximate surface area is 162 Å². The van der Waals surface area contributed by atoms with Crippen LogP contribution in [-0.2, 0) is 0 Å². The van der Waals surface area contributed by atoms with Crippen molar-refractivity contribution in [2.45, 2.75) is 39.5 Å². The molecule has 0 unspecified atom stereocenters. The van der Waals surface area contributed by atoms with Crippen molar-refractivity contribution in [3.05, 3.63) is 60.4 Å². The maximum atomic E-state index is 6.16. The van der Waals surface area contributed by atoms with Gasteiger partial charge in [0.05, 0.1) is 12.1 Å². The van der Waals surface area contributed by atoms with E-state index >= 15 is 0 Å². The normalized spacial score (nSPS) is 11.1. The van der Waals surface area contributed by atoms with Gasteiger partial charge in [0.2, 0.25) is 0 Å². The van der Waals surface area contributed by atoms with Crippen LogP contribution in [-0.4, -0.2) is 29.7 Å². The Morgan fingerprint density at radius 2 is 1.74 bits per heavy atom. The van der Waals surface area contributed by atoms with Gasteiger partial charge in [0.15, 0.2) is 0 Å². The number of nitrogens with zero attached hydrogens (tertiary/aromatic N) is 3. The Morgan fingerprint density at radius 3 is 2.56 bits per heavy atom. The summed E-state index contributed by atoms with van der Waals surface area (Å²) in [6.07, 6.45) is 3.93. The average Bonchev–Trinajstić information content (AvgIpc) is 2.70. The molecule has 4 heteroatoms. The van der Waals surface area contributed by atoms with Gasteiger partial charge in [0.1, 0.15) is 24.5 Å². The lowest BCUT2D eigenvalue weighted by Crippen LogP contribution is -2.30. The second-order valence-electron chi connectivity index (χ2n) is 7.10. The topological polar surface area (TPSA) is 38.2 Å². The molecular formula is C23H29N3O. The molecule has 1 heterocycles. The monoisotopic (exact) mass is 363 g/mol. The molecule has 0 amide bonds. The number of unbranched alkanes of at least 4 members (excludes halogenated alkanes) is 1. The van der Waals surface area contributed by atoms with Crippen LogP contribution in [0.15, 0.2) is 54.9 Å². The van der Waals surface area contributed by atoms with Crippen molar-refractivity contribution in [3.63, 3.8) is 0 Å². The van der Waals surface area contributed by atoms with Gasteiger partial charge in [-0.25, -0.2) is 9.97 Å². The number of benzene rings is 2. The highest BCUT2D eigenvalue weighted by molar-refractivity contribution is 5.89. The first-order chi connectivity index (χ1) is 13.2. The van der Waals surface area contributed by atoms with E-state index in [1.807, 2.05) is 24.3 Å². The Morgan fingerprint density at radius 1 is 0.963 bits per heavy atom. The summed E-state index contributed by atoms with van der Waals surface area (Å²) < 4.78 is 6.16. The third kappa shape index (κ3) is 4.76. The maximum Gasteiger partial charge on any atom is 0.139 e. The zero-order valence-corrected chi connectivity index (χ0v) is 16.6. The van der Waals surface area contributed by atoms with Crippen LogP contribution in [0.5, 0.6) is 5.75 Å². The first-order valence-electron chi connectivity index (χ1n) is 9.87. The number of aromatic nitrogens is 2. The van der Waals surface area contributed by atoms with E-state index in [4.69, 9.17) is 4.74 Å². The molecule has 0 saturated carbocycles. The number of hydrogen-bond donors (Lipinski definition) is 0. The summed E-state index contributed by atoms with van der Waals surface area (Å²) in [7, 11) is 0. The van der Waals surface area contributed by atoms with Crippen molar-refractivity contribution in [2.75, 3.05) is 24.6 Å². The van der Waals surface area contributed by atoms with Crippen molar-refractivity contribution >= 4 is 16.7 Å². The highest BCUT2D eigenvalue weighted by atomic mass is 16.5. The van der Waals surface area contributed by atoms with E-state index in [2.05, 4.69) is 59.9 Å². The molecule has 3 rings (SSSR count). The van der Waals surface area contributed by atoms with Crippen LogP contribution in [0.2, 0.25) is 0 Å². The molecule has 1 aromatic heterocycles. The van der Waals surface area contributed by atoms with Gasteiger partial charge in [-0.05, 0) is 36.1 Å². The van der Waals surface area contributed by atoms with E-state index in [0.29, 0.717) is 12.5 Å². The molecule has 0 atom stereocenters. The van der Waals surface area contributed by atoms with Crippen molar-refractivity contribution in [1.29, 1.82) is 0 Å². The number of rotatable bonds is 9. The predicted molar refractivity (Wildman–Crippen MR) is 113 cm³/mol. The number of para-hydroxylation sites is 2. The molecule has 0 spiro atoms. The quantitative estimate of drug-likeness (QED) is 0.507. The van der Waals surface area contributed by atoms with Crippen LogP contribution in [0.25, 0.3) is 10.9 Å². The fourth-order valence-electron chi connectivity index (χ4n) is 3.27. The lowest BCUT2D eigenvalue weighted by molar-refractivity contribution is 0.318. The van der Waals surface area contributed by atoms with Crippen molar-refractivity contribution in [3.8, 4) is 5.75 Å². The molecule has 0 saturated heterocycles. The third-order valence-corrected chi connectivity index (χ3v) is 4.76. The molecule has 4 nitrogen and oxygen atoms in total. The fraction of sp³-hybridized carbons (Fsp3) is 0.391. The predicted octanol–water partition coefficient (Wildman–Crippen LogP) is 5.44. The van der Waals surface area contributed by atoms with Gasteiger partial charge in [-0.3, -0.25) is 0 Å². The summed E-state index contributed by atoms with van der Waals surface area (Å²) in [4.78, 5) is 11.3. The zero-order chi connectivity index (χ0) is 19.1. The molecule has 0 fully saturated rings. The van der Waals surface area contributed by atoms with Crippen molar-refractivity contribution in [2.24, 2.45) is 0 Å². The van der Waals surface area contributed by atoms with Crippen LogP contribution >= 0.6 is 0 Å². The number of ether oxygens (including phenoxy) is 1. The Bertz CT molecular complexity index is 858. The summed E-state index contributed by atoms with van der Waals surface area (Å²) in [6, 6.07) is 16.5. The van der Waals surface area contributed by atoms with Crippen molar-refractivity contribution < 1.29 is 4.74 Å². The number of anilines is 1. The van der Waals surface area contributed by atoms with E-state index in [1.54, 1.807) is 6.33 Å². The lowest BCUT2D eigenvalue weighted by atomic mass is 10.0. The highest BCUT2D eigenvalue weighted by Gasteiger charge is 2.13. The Kier molecular flexibility index (Phi) is 6.64. The molecule has 2 aromatic carbocycles. The van der Waals surface area contributed by atoms with Crippen molar-refractivity contribution in [1.82, 2.24) is 9.97 Å². The molecule has 3 aromatic rings. The Balaban J connectivity index is 1.76. The number of fused-ring (bicyclic) bond motifs is 1. The Hall–Kier alpha value is -2.62. The fourth-order valence-corrected chi connectivity index (χ4v) is 3.27. The van der Waals surface area contributed by atoms with Gasteiger partial charge in [0, 0.05) is 11.9 Å². The van der Waals surface area contributed by atoms with E-state index < -0.39 is 0 Å². The zero-order valence-electron chi connectivity index (χ0n) is 16.6. The van der Waals surface area contributed by atoms with E-state index in [1.165, 1.54) is 5.56 Å². The summed E-state index contributed by atoms with van der Waals surface area (Å²) in [5.74, 6) is 2.42. The molecule has 0 bridgehead atoms. The van der Waals surface area contributed by atoms with Gasteiger partial charge in [-0.15, -0.1) is 0 Å². The molecule has 0 aliphatic heterocycles. The van der Waals surface area contributed by atoms with Gasteiger partial charge < -0.3 is 9.64 Å². The molecule has 0 aliphatic carbocycles. The summed E-state index contributed by atoms with van der Waals surface area (Å²) in [6.45, 7) is 9.00. The highest BCUT2D eigenvalue weighted by Crippen LogP contribution is 2.26. The minimum absolute atomic E-state index is 0.447. The summed E-state index contributed by atoms with van der Waals surface area (Å²) >= 11 is 0. The van der Waals surface area contributed by atoms with Crippen LogP contribution in [0.1, 0.15) is 45.1 Å². The molecule has 0 aliphatic rings. The number of hydrogen-bond acceptors (Lipinski definition) is 4. The van der Waals surface area contributed by atoms with Gasteiger partial charge in [0.25, 0.3) is 0 Å². The average molecular weight is 364 g/mol. The SMILES string of the molecule is CCCCN(CCOc1ccccc1C(C)C)c1ncnc2ccccc12. The second-order valence-corrected chi connectivity index (χ2v) is 7.10. The van der Waals surface area contributed by atoms with Gasteiger partial charge in [-0.1, -0.05) is 57.5 Å². The minimum atomic E-state index is 0.447. The van der Waals surface area contributed by atoms with E-state index in [0.717, 1.165) is 48.4 Å². The van der Waals surface area contributed by atoms with E-state index in [9.17, 15) is 0 Å². The van der Waals surface area contributed by atoms with Crippen LogP contribution in [0, 0.1) is 0 Å².